The number of nitrogens with one attached hydrogen (secondary N) is 2. The topological polar surface area (TPSA) is 70.4 Å². The summed E-state index contributed by atoms with van der Waals surface area (Å²) in [6.45, 7) is 7.19. The third kappa shape index (κ3) is 4.41. The van der Waals surface area contributed by atoms with Crippen LogP contribution in [-0.2, 0) is 4.79 Å². The predicted molar refractivity (Wildman–Crippen MR) is 115 cm³/mol. The van der Waals surface area contributed by atoms with Crippen molar-refractivity contribution in [3.8, 4) is 0 Å². The Morgan fingerprint density at radius 1 is 1.18 bits per heavy atom. The summed E-state index contributed by atoms with van der Waals surface area (Å²) in [5.74, 6) is 1.15. The first kappa shape index (κ1) is 20.5. The fourth-order valence-corrected chi connectivity index (χ4v) is 4.55. The zero-order valence-electron chi connectivity index (χ0n) is 17.4. The van der Waals surface area contributed by atoms with E-state index in [9.17, 15) is 4.79 Å². The number of hydrogen-bond donors (Lipinski definition) is 3. The maximum atomic E-state index is 12.6. The summed E-state index contributed by atoms with van der Waals surface area (Å²) < 4.78 is 0. The Labute approximate surface area is 169 Å². The Kier molecular flexibility index (Phi) is 6.79. The molecule has 0 spiro atoms. The van der Waals surface area contributed by atoms with Crippen LogP contribution in [0.5, 0.6) is 0 Å². The zero-order valence-corrected chi connectivity index (χ0v) is 17.4. The molecule has 0 aliphatic carbocycles. The molecule has 3 rings (SSSR count). The van der Waals surface area contributed by atoms with Crippen LogP contribution in [0.1, 0.15) is 43.7 Å². The van der Waals surface area contributed by atoms with E-state index in [0.717, 1.165) is 49.4 Å². The molecule has 152 valence electrons. The molecule has 1 aromatic carbocycles. The van der Waals surface area contributed by atoms with Crippen LogP contribution in [-0.4, -0.2) is 43.5 Å². The number of nitrogens with two attached hydrogens (primary N) is 1. The monoisotopic (exact) mass is 382 g/mol. The average molecular weight is 383 g/mol. The second-order valence-corrected chi connectivity index (χ2v) is 7.96. The molecule has 28 heavy (non-hydrogen) atoms. The van der Waals surface area contributed by atoms with Gasteiger partial charge in [0, 0.05) is 19.6 Å². The van der Waals surface area contributed by atoms with Crippen molar-refractivity contribution in [3.05, 3.63) is 52.9 Å². The van der Waals surface area contributed by atoms with Gasteiger partial charge < -0.3 is 21.3 Å². The van der Waals surface area contributed by atoms with Crippen LogP contribution in [0.2, 0.25) is 0 Å². The lowest BCUT2D eigenvalue weighted by Crippen LogP contribution is -2.51. The van der Waals surface area contributed by atoms with Gasteiger partial charge in [-0.1, -0.05) is 42.8 Å². The molecule has 1 atom stereocenters. The van der Waals surface area contributed by atoms with Crippen LogP contribution < -0.4 is 16.4 Å². The van der Waals surface area contributed by atoms with E-state index in [1.807, 2.05) is 0 Å². The van der Waals surface area contributed by atoms with Crippen molar-refractivity contribution in [3.63, 3.8) is 0 Å². The Balaban J connectivity index is 2.01. The van der Waals surface area contributed by atoms with Crippen molar-refractivity contribution in [1.29, 1.82) is 0 Å². The van der Waals surface area contributed by atoms with Crippen molar-refractivity contribution in [2.24, 2.45) is 11.7 Å². The number of piperidine rings is 1. The summed E-state index contributed by atoms with van der Waals surface area (Å²) >= 11 is 0. The molecule has 2 aliphatic heterocycles. The SMILES string of the molecule is CC/C=C(/C(C(N)=O)=C1/NCC[C@@H](C2CCNCC2)N1C)c1ccc(C)cc1. The van der Waals surface area contributed by atoms with Crippen molar-refractivity contribution >= 4 is 11.5 Å². The Hall–Kier alpha value is -2.27. The van der Waals surface area contributed by atoms with E-state index in [4.69, 9.17) is 5.73 Å². The molecule has 2 aliphatic rings. The standard InChI is InChI=1S/C23H34N4O/c1-4-5-19(17-8-6-16(2)7-9-17)21(22(24)28)23-26-15-12-20(27(23)3)18-10-13-25-14-11-18/h5-9,18,20,25-26H,4,10-15H2,1-3H3,(H2,24,28)/b19-5+,23-21+/t20-/m0/s1. The maximum absolute atomic E-state index is 12.6. The first-order chi connectivity index (χ1) is 13.5. The summed E-state index contributed by atoms with van der Waals surface area (Å²) in [6.07, 6.45) is 6.41. The fraction of sp³-hybridized carbons (Fsp3) is 0.522. The molecule has 0 radical (unpaired) electrons. The number of carbonyl (C=O) groups is 1. The van der Waals surface area contributed by atoms with Crippen LogP contribution in [0, 0.1) is 12.8 Å². The van der Waals surface area contributed by atoms with E-state index in [1.54, 1.807) is 0 Å². The van der Waals surface area contributed by atoms with Crippen LogP contribution >= 0.6 is 0 Å². The predicted octanol–water partition coefficient (Wildman–Crippen LogP) is 2.78. The molecule has 2 fully saturated rings. The van der Waals surface area contributed by atoms with Crippen molar-refractivity contribution < 1.29 is 4.79 Å². The second-order valence-electron chi connectivity index (χ2n) is 7.96. The smallest absolute Gasteiger partial charge is 0.252 e. The lowest BCUT2D eigenvalue weighted by molar-refractivity contribution is -0.114. The van der Waals surface area contributed by atoms with E-state index in [1.165, 1.54) is 18.4 Å². The molecule has 0 aromatic heterocycles. The van der Waals surface area contributed by atoms with Crippen molar-refractivity contribution in [1.82, 2.24) is 15.5 Å². The van der Waals surface area contributed by atoms with Crippen molar-refractivity contribution in [2.45, 2.75) is 45.6 Å². The highest BCUT2D eigenvalue weighted by Crippen LogP contribution is 2.32. The first-order valence-corrected chi connectivity index (χ1v) is 10.5. The third-order valence-corrected chi connectivity index (χ3v) is 6.03. The van der Waals surface area contributed by atoms with E-state index in [2.05, 4.69) is 66.8 Å². The number of primary amides is 1. The molecule has 1 amide bonds. The summed E-state index contributed by atoms with van der Waals surface area (Å²) in [6, 6.07) is 8.75. The summed E-state index contributed by atoms with van der Waals surface area (Å²) in [5.41, 5.74) is 9.70. The summed E-state index contributed by atoms with van der Waals surface area (Å²) in [7, 11) is 2.11. The highest BCUT2D eigenvalue weighted by molar-refractivity contribution is 6.08. The van der Waals surface area contributed by atoms with E-state index >= 15 is 0 Å². The number of allylic oxidation sites excluding steroid dienone is 1. The maximum Gasteiger partial charge on any atom is 0.252 e. The minimum absolute atomic E-state index is 0.374. The van der Waals surface area contributed by atoms with Gasteiger partial charge in [-0.15, -0.1) is 0 Å². The highest BCUT2D eigenvalue weighted by atomic mass is 16.1. The van der Waals surface area contributed by atoms with Gasteiger partial charge in [-0.3, -0.25) is 4.79 Å². The molecule has 0 saturated carbocycles. The van der Waals surface area contributed by atoms with Gasteiger partial charge in [0.25, 0.3) is 5.91 Å². The number of nitrogens with zero attached hydrogens (tertiary/aromatic N) is 1. The lowest BCUT2D eigenvalue weighted by Gasteiger charge is -2.43. The van der Waals surface area contributed by atoms with Crippen LogP contribution in [0.15, 0.2) is 41.7 Å². The average Bonchev–Trinajstić information content (AvgIpc) is 2.70. The van der Waals surface area contributed by atoms with E-state index in [0.29, 0.717) is 17.5 Å². The molecule has 5 nitrogen and oxygen atoms in total. The van der Waals surface area contributed by atoms with Gasteiger partial charge in [-0.05, 0) is 62.8 Å². The molecule has 2 heterocycles. The summed E-state index contributed by atoms with van der Waals surface area (Å²) in [4.78, 5) is 14.9. The number of benzene rings is 1. The number of carbonyl (C=O) groups excluding carboxylic acids is 1. The molecule has 4 N–H and O–H groups in total. The Morgan fingerprint density at radius 3 is 2.46 bits per heavy atom. The molecule has 5 heteroatoms. The molecule has 0 bridgehead atoms. The Bertz CT molecular complexity index is 744. The molecular formula is C23H34N4O. The number of aryl methyl sites for hydroxylation is 1. The lowest BCUT2D eigenvalue weighted by atomic mass is 9.85. The van der Waals surface area contributed by atoms with Gasteiger partial charge in [0.05, 0.1) is 5.57 Å². The molecule has 1 aromatic rings. The fourth-order valence-electron chi connectivity index (χ4n) is 4.55. The molecular weight excluding hydrogens is 348 g/mol. The van der Waals surface area contributed by atoms with Crippen LogP contribution in [0.4, 0.5) is 0 Å². The van der Waals surface area contributed by atoms with Gasteiger partial charge in [-0.25, -0.2) is 0 Å². The first-order valence-electron chi connectivity index (χ1n) is 10.5. The van der Waals surface area contributed by atoms with E-state index in [-0.39, 0.29) is 5.91 Å². The minimum atomic E-state index is -0.374. The van der Waals surface area contributed by atoms with Crippen LogP contribution in [0.3, 0.4) is 0 Å². The molecule has 2 saturated heterocycles. The van der Waals surface area contributed by atoms with Crippen LogP contribution in [0.25, 0.3) is 5.57 Å². The normalized spacial score (nSPS) is 23.3. The van der Waals surface area contributed by atoms with Crippen molar-refractivity contribution in [2.75, 3.05) is 26.7 Å². The van der Waals surface area contributed by atoms with Gasteiger partial charge in [-0.2, -0.15) is 0 Å². The quantitative estimate of drug-likeness (QED) is 0.685. The highest BCUT2D eigenvalue weighted by Gasteiger charge is 2.33. The second kappa shape index (κ2) is 9.28. The number of hydrogen-bond acceptors (Lipinski definition) is 4. The summed E-state index contributed by atoms with van der Waals surface area (Å²) in [5, 5.41) is 6.94. The van der Waals surface area contributed by atoms with Gasteiger partial charge in [0.2, 0.25) is 0 Å². The minimum Gasteiger partial charge on any atom is -0.371 e. The number of amides is 1. The van der Waals surface area contributed by atoms with E-state index < -0.39 is 0 Å². The third-order valence-electron chi connectivity index (χ3n) is 6.03. The van der Waals surface area contributed by atoms with Gasteiger partial charge in [0.15, 0.2) is 0 Å². The zero-order chi connectivity index (χ0) is 20.1. The number of rotatable bonds is 5. The largest absolute Gasteiger partial charge is 0.371 e. The Morgan fingerprint density at radius 2 is 1.86 bits per heavy atom. The molecule has 0 unspecified atom stereocenters. The van der Waals surface area contributed by atoms with Gasteiger partial charge in [0.1, 0.15) is 5.82 Å². The van der Waals surface area contributed by atoms with Gasteiger partial charge >= 0.3 is 0 Å².